The number of nitrogens with zero attached hydrogens (tertiary/aromatic N) is 4. The maximum Gasteiger partial charge on any atom is 0.240 e. The van der Waals surface area contributed by atoms with Crippen LogP contribution in [-0.4, -0.2) is 45.6 Å². The van der Waals surface area contributed by atoms with Crippen LogP contribution < -0.4 is 5.32 Å². The number of thiazole rings is 1. The molecule has 4 heterocycles. The van der Waals surface area contributed by atoms with Gasteiger partial charge in [0.2, 0.25) is 5.91 Å². The third-order valence-electron chi connectivity index (χ3n) is 4.34. The fourth-order valence-electron chi connectivity index (χ4n) is 3.01. The number of carbonyl (C=O) groups is 1. The average molecular weight is 390 g/mol. The minimum Gasteiger partial charge on any atom is -0.462 e. The molecular formula is C17H19N5O2S2. The average Bonchev–Trinajstić information content (AvgIpc) is 3.36. The lowest BCUT2D eigenvalue weighted by atomic mass is 9.98. The molecule has 1 aliphatic rings. The number of amides is 1. The van der Waals surface area contributed by atoms with Gasteiger partial charge in [0.1, 0.15) is 5.01 Å². The van der Waals surface area contributed by atoms with Crippen LogP contribution in [0.1, 0.15) is 29.5 Å². The van der Waals surface area contributed by atoms with Gasteiger partial charge >= 0.3 is 0 Å². The Hall–Kier alpha value is -2.10. The number of aromatic nitrogens is 3. The van der Waals surface area contributed by atoms with E-state index in [1.54, 1.807) is 17.6 Å². The van der Waals surface area contributed by atoms with Crippen molar-refractivity contribution in [3.05, 3.63) is 34.5 Å². The Morgan fingerprint density at radius 2 is 2.23 bits per heavy atom. The molecule has 1 aliphatic heterocycles. The fraction of sp³-hybridized carbons (Fsp3) is 0.412. The number of hydrogen-bond acceptors (Lipinski definition) is 8. The van der Waals surface area contributed by atoms with Gasteiger partial charge in [0, 0.05) is 11.3 Å². The van der Waals surface area contributed by atoms with Crippen molar-refractivity contribution in [3.63, 3.8) is 0 Å². The molecule has 0 bridgehead atoms. The van der Waals surface area contributed by atoms with E-state index < -0.39 is 0 Å². The van der Waals surface area contributed by atoms with Crippen molar-refractivity contribution in [2.45, 2.75) is 25.7 Å². The van der Waals surface area contributed by atoms with Gasteiger partial charge in [0.25, 0.3) is 0 Å². The first-order valence-electron chi connectivity index (χ1n) is 8.49. The van der Waals surface area contributed by atoms with Gasteiger partial charge in [0.05, 0.1) is 18.5 Å². The molecule has 0 radical (unpaired) electrons. The van der Waals surface area contributed by atoms with Crippen molar-refractivity contribution in [1.82, 2.24) is 20.1 Å². The summed E-state index contributed by atoms with van der Waals surface area (Å²) in [5, 5.41) is 15.9. The summed E-state index contributed by atoms with van der Waals surface area (Å²) in [5.74, 6) is 1.16. The second-order valence-corrected chi connectivity index (χ2v) is 8.18. The molecule has 0 aliphatic carbocycles. The van der Waals surface area contributed by atoms with Crippen LogP contribution in [-0.2, 0) is 4.79 Å². The summed E-state index contributed by atoms with van der Waals surface area (Å²) >= 11 is 3.05. The predicted molar refractivity (Wildman–Crippen MR) is 102 cm³/mol. The number of anilines is 1. The van der Waals surface area contributed by atoms with Crippen molar-refractivity contribution in [2.75, 3.05) is 25.0 Å². The number of hydrogen-bond donors (Lipinski definition) is 1. The molecule has 1 saturated heterocycles. The Morgan fingerprint density at radius 1 is 1.38 bits per heavy atom. The number of carbonyl (C=O) groups excluding carboxylic acids is 1. The van der Waals surface area contributed by atoms with Gasteiger partial charge < -0.3 is 9.73 Å². The van der Waals surface area contributed by atoms with Crippen molar-refractivity contribution < 1.29 is 9.21 Å². The molecule has 26 heavy (non-hydrogen) atoms. The number of aryl methyl sites for hydroxylation is 1. The Morgan fingerprint density at radius 3 is 2.92 bits per heavy atom. The summed E-state index contributed by atoms with van der Waals surface area (Å²) in [7, 11) is 0. The van der Waals surface area contributed by atoms with E-state index >= 15 is 0 Å². The van der Waals surface area contributed by atoms with Crippen molar-refractivity contribution in [2.24, 2.45) is 0 Å². The molecule has 7 nitrogen and oxygen atoms in total. The highest BCUT2D eigenvalue weighted by molar-refractivity contribution is 7.14. The Labute approximate surface area is 159 Å². The number of rotatable bonds is 5. The van der Waals surface area contributed by atoms with E-state index in [1.807, 2.05) is 24.4 Å². The minimum atomic E-state index is -0.00572. The van der Waals surface area contributed by atoms with E-state index in [-0.39, 0.29) is 5.91 Å². The second kappa shape index (κ2) is 7.65. The zero-order valence-electron chi connectivity index (χ0n) is 14.3. The highest BCUT2D eigenvalue weighted by Crippen LogP contribution is 2.33. The molecular weight excluding hydrogens is 370 g/mol. The number of furan rings is 1. The zero-order valence-corrected chi connectivity index (χ0v) is 16.0. The molecule has 0 atom stereocenters. The van der Waals surface area contributed by atoms with Gasteiger partial charge in [0.15, 0.2) is 15.9 Å². The molecule has 9 heteroatoms. The van der Waals surface area contributed by atoms with Gasteiger partial charge in [-0.05, 0) is 45.0 Å². The lowest BCUT2D eigenvalue weighted by Gasteiger charge is -2.30. The van der Waals surface area contributed by atoms with E-state index in [9.17, 15) is 4.79 Å². The van der Waals surface area contributed by atoms with Crippen LogP contribution in [0.15, 0.2) is 28.2 Å². The number of piperidine rings is 1. The zero-order chi connectivity index (χ0) is 17.9. The molecule has 0 saturated carbocycles. The van der Waals surface area contributed by atoms with Gasteiger partial charge in [-0.1, -0.05) is 11.3 Å². The predicted octanol–water partition coefficient (Wildman–Crippen LogP) is 3.38. The van der Waals surface area contributed by atoms with Crippen LogP contribution in [0.4, 0.5) is 5.13 Å². The maximum absolute atomic E-state index is 12.2. The molecule has 3 aromatic heterocycles. The van der Waals surface area contributed by atoms with Crippen LogP contribution in [0.5, 0.6) is 0 Å². The standard InChI is InChI=1S/C17H19N5O2S2/c1-11-10-25-17(18-11)19-14(23)9-22-6-4-12(5-7-22)15-20-21-16(26-15)13-3-2-8-24-13/h2-3,8,10,12H,4-7,9H2,1H3,(H,18,19,23). The molecule has 1 amide bonds. The van der Waals surface area contributed by atoms with E-state index in [0.717, 1.165) is 47.4 Å². The van der Waals surface area contributed by atoms with E-state index in [0.29, 0.717) is 17.6 Å². The Bertz CT molecular complexity index is 865. The minimum absolute atomic E-state index is 0.00572. The summed E-state index contributed by atoms with van der Waals surface area (Å²) in [5.41, 5.74) is 0.928. The topological polar surface area (TPSA) is 84.2 Å². The highest BCUT2D eigenvalue weighted by Gasteiger charge is 2.25. The molecule has 0 spiro atoms. The first kappa shape index (κ1) is 17.3. The third-order valence-corrected chi connectivity index (χ3v) is 6.32. The smallest absolute Gasteiger partial charge is 0.240 e. The van der Waals surface area contributed by atoms with Crippen LogP contribution in [0, 0.1) is 6.92 Å². The number of nitrogens with one attached hydrogen (secondary N) is 1. The third kappa shape index (κ3) is 4.00. The Kier molecular flexibility index (Phi) is 5.09. The summed E-state index contributed by atoms with van der Waals surface area (Å²) in [6, 6.07) is 3.75. The van der Waals surface area contributed by atoms with Crippen LogP contribution in [0.25, 0.3) is 10.8 Å². The molecule has 4 rings (SSSR count). The van der Waals surface area contributed by atoms with Gasteiger partial charge in [-0.15, -0.1) is 21.5 Å². The van der Waals surface area contributed by atoms with Crippen molar-refractivity contribution in [3.8, 4) is 10.8 Å². The van der Waals surface area contributed by atoms with E-state index in [2.05, 4.69) is 25.4 Å². The first-order chi connectivity index (χ1) is 12.7. The maximum atomic E-state index is 12.2. The first-order valence-corrected chi connectivity index (χ1v) is 10.2. The second-order valence-electron chi connectivity index (χ2n) is 6.32. The molecule has 136 valence electrons. The van der Waals surface area contributed by atoms with Crippen LogP contribution >= 0.6 is 22.7 Å². The van der Waals surface area contributed by atoms with Crippen LogP contribution in [0.3, 0.4) is 0 Å². The SMILES string of the molecule is Cc1csc(NC(=O)CN2CCC(c3nnc(-c4ccco4)s3)CC2)n1. The van der Waals surface area contributed by atoms with Crippen molar-refractivity contribution >= 4 is 33.7 Å². The molecule has 0 unspecified atom stereocenters. The summed E-state index contributed by atoms with van der Waals surface area (Å²) in [6.45, 7) is 4.08. The van der Waals surface area contributed by atoms with Crippen molar-refractivity contribution in [1.29, 1.82) is 0 Å². The number of likely N-dealkylation sites (tertiary alicyclic amines) is 1. The molecule has 1 N–H and O–H groups in total. The van der Waals surface area contributed by atoms with Crippen LogP contribution in [0.2, 0.25) is 0 Å². The lowest BCUT2D eigenvalue weighted by Crippen LogP contribution is -2.38. The lowest BCUT2D eigenvalue weighted by molar-refractivity contribution is -0.117. The van der Waals surface area contributed by atoms with E-state index in [4.69, 9.17) is 4.42 Å². The van der Waals surface area contributed by atoms with Gasteiger partial charge in [-0.2, -0.15) is 0 Å². The highest BCUT2D eigenvalue weighted by atomic mass is 32.1. The molecule has 1 fully saturated rings. The fourth-order valence-corrected chi connectivity index (χ4v) is 4.70. The monoisotopic (exact) mass is 389 g/mol. The Balaban J connectivity index is 1.28. The molecule has 0 aromatic carbocycles. The summed E-state index contributed by atoms with van der Waals surface area (Å²) in [6.07, 6.45) is 3.61. The summed E-state index contributed by atoms with van der Waals surface area (Å²) in [4.78, 5) is 18.6. The molecule has 3 aromatic rings. The quantitative estimate of drug-likeness (QED) is 0.720. The summed E-state index contributed by atoms with van der Waals surface area (Å²) < 4.78 is 5.38. The largest absolute Gasteiger partial charge is 0.462 e. The van der Waals surface area contributed by atoms with Gasteiger partial charge in [-0.3, -0.25) is 9.69 Å². The van der Waals surface area contributed by atoms with E-state index in [1.165, 1.54) is 11.3 Å². The van der Waals surface area contributed by atoms with Gasteiger partial charge in [-0.25, -0.2) is 4.98 Å². The normalized spacial score (nSPS) is 16.0.